The van der Waals surface area contributed by atoms with Crippen LogP contribution < -0.4 is 17.2 Å². The van der Waals surface area contributed by atoms with Gasteiger partial charge in [-0.25, -0.2) is 4.98 Å². The summed E-state index contributed by atoms with van der Waals surface area (Å²) in [5.74, 6) is 0.175. The number of halogens is 1. The number of guanidine groups is 1. The van der Waals surface area contributed by atoms with Crippen LogP contribution in [0, 0.1) is 0 Å². The zero-order valence-electron chi connectivity index (χ0n) is 11.4. The molecule has 8 nitrogen and oxygen atoms in total. The number of benzene rings is 1. The average molecular weight is 317 g/mol. The lowest BCUT2D eigenvalue weighted by atomic mass is 10.2. The summed E-state index contributed by atoms with van der Waals surface area (Å²) >= 11 is 6.18. The number of nitrogens with zero attached hydrogens (tertiary/aromatic N) is 5. The van der Waals surface area contributed by atoms with Gasteiger partial charge >= 0.3 is 0 Å². The Bertz CT molecular complexity index is 866. The number of nitrogen functional groups attached to an aromatic ring is 1. The van der Waals surface area contributed by atoms with Crippen molar-refractivity contribution in [1.82, 2.24) is 19.5 Å². The lowest BCUT2D eigenvalue weighted by molar-refractivity contribution is 0.814. The van der Waals surface area contributed by atoms with Crippen molar-refractivity contribution >= 4 is 40.5 Å². The summed E-state index contributed by atoms with van der Waals surface area (Å²) in [4.78, 5) is 16.4. The predicted molar refractivity (Wildman–Crippen MR) is 85.8 cm³/mol. The van der Waals surface area contributed by atoms with Gasteiger partial charge in [0, 0.05) is 5.02 Å². The minimum Gasteiger partial charge on any atom is -0.370 e. The molecule has 0 unspecified atom stereocenters. The molecule has 0 amide bonds. The molecule has 0 radical (unpaired) electrons. The molecule has 2 aromatic heterocycles. The first-order chi connectivity index (χ1) is 10.5. The number of fused-ring (bicyclic) bond motifs is 1. The first kappa shape index (κ1) is 14.1. The third kappa shape index (κ3) is 2.63. The minimum atomic E-state index is -0.125. The van der Waals surface area contributed by atoms with Gasteiger partial charge in [-0.15, -0.1) is 0 Å². The highest BCUT2D eigenvalue weighted by Gasteiger charge is 2.13. The molecule has 0 bridgehead atoms. The highest BCUT2D eigenvalue weighted by molar-refractivity contribution is 6.31. The van der Waals surface area contributed by atoms with Gasteiger partial charge in [0.2, 0.25) is 5.95 Å². The molecule has 0 aliphatic rings. The Hall–Kier alpha value is -2.87. The predicted octanol–water partition coefficient (Wildman–Crippen LogP) is 1.02. The number of aromatic nitrogens is 4. The zero-order valence-corrected chi connectivity index (χ0v) is 12.2. The van der Waals surface area contributed by atoms with E-state index >= 15 is 0 Å². The Morgan fingerprint density at radius 2 is 2.00 bits per heavy atom. The molecule has 112 valence electrons. The summed E-state index contributed by atoms with van der Waals surface area (Å²) in [5.41, 5.74) is 18.4. The second-order valence-corrected chi connectivity index (χ2v) is 4.99. The van der Waals surface area contributed by atoms with Gasteiger partial charge in [0.1, 0.15) is 0 Å². The van der Waals surface area contributed by atoms with E-state index in [0.29, 0.717) is 22.7 Å². The Labute approximate surface area is 130 Å². The van der Waals surface area contributed by atoms with E-state index < -0.39 is 0 Å². The van der Waals surface area contributed by atoms with E-state index in [0.717, 1.165) is 5.56 Å². The summed E-state index contributed by atoms with van der Waals surface area (Å²) in [7, 11) is 0. The Kier molecular flexibility index (Phi) is 3.51. The Morgan fingerprint density at radius 1 is 1.23 bits per heavy atom. The molecule has 0 saturated carbocycles. The Balaban J connectivity index is 2.11. The maximum absolute atomic E-state index is 6.18. The average Bonchev–Trinajstić information content (AvgIpc) is 2.84. The van der Waals surface area contributed by atoms with Crippen molar-refractivity contribution in [2.45, 2.75) is 6.54 Å². The molecule has 2 heterocycles. The third-order valence-electron chi connectivity index (χ3n) is 3.00. The largest absolute Gasteiger partial charge is 0.370 e. The van der Waals surface area contributed by atoms with Crippen LogP contribution in [-0.2, 0) is 6.54 Å². The van der Waals surface area contributed by atoms with Crippen LogP contribution in [0.25, 0.3) is 11.2 Å². The van der Waals surface area contributed by atoms with Crippen LogP contribution in [0.2, 0.25) is 5.02 Å². The van der Waals surface area contributed by atoms with Crippen molar-refractivity contribution in [3.63, 3.8) is 0 Å². The van der Waals surface area contributed by atoms with Crippen LogP contribution in [0.1, 0.15) is 5.56 Å². The van der Waals surface area contributed by atoms with Gasteiger partial charge in [0.25, 0.3) is 0 Å². The van der Waals surface area contributed by atoms with E-state index in [-0.39, 0.29) is 17.7 Å². The smallest absolute Gasteiger partial charge is 0.224 e. The molecular formula is C13H13ClN8. The molecule has 0 saturated heterocycles. The number of rotatable bonds is 3. The van der Waals surface area contributed by atoms with E-state index in [1.807, 2.05) is 24.3 Å². The molecule has 9 heteroatoms. The lowest BCUT2D eigenvalue weighted by Crippen LogP contribution is -2.22. The van der Waals surface area contributed by atoms with Gasteiger partial charge in [-0.1, -0.05) is 29.8 Å². The first-order valence-corrected chi connectivity index (χ1v) is 6.74. The molecule has 0 spiro atoms. The van der Waals surface area contributed by atoms with Crippen molar-refractivity contribution < 1.29 is 0 Å². The van der Waals surface area contributed by atoms with Gasteiger partial charge in [-0.2, -0.15) is 15.0 Å². The first-order valence-electron chi connectivity index (χ1n) is 6.36. The lowest BCUT2D eigenvalue weighted by Gasteiger charge is -2.06. The monoisotopic (exact) mass is 316 g/mol. The van der Waals surface area contributed by atoms with Gasteiger partial charge in [0.15, 0.2) is 22.9 Å². The molecule has 0 atom stereocenters. The van der Waals surface area contributed by atoms with Gasteiger partial charge in [-0.3, -0.25) is 0 Å². The van der Waals surface area contributed by atoms with Crippen LogP contribution in [0.3, 0.4) is 0 Å². The number of anilines is 1. The van der Waals surface area contributed by atoms with Crippen molar-refractivity contribution in [2.24, 2.45) is 16.5 Å². The van der Waals surface area contributed by atoms with Crippen LogP contribution in [0.4, 0.5) is 11.8 Å². The number of hydrogen-bond donors (Lipinski definition) is 3. The minimum absolute atomic E-state index is 0.0633. The Morgan fingerprint density at radius 3 is 2.73 bits per heavy atom. The molecule has 0 aliphatic carbocycles. The van der Waals surface area contributed by atoms with Crippen LogP contribution >= 0.6 is 11.6 Å². The fourth-order valence-electron chi connectivity index (χ4n) is 2.07. The molecular weight excluding hydrogens is 304 g/mol. The molecule has 0 fully saturated rings. The van der Waals surface area contributed by atoms with Crippen molar-refractivity contribution in [3.8, 4) is 0 Å². The van der Waals surface area contributed by atoms with Crippen LogP contribution in [-0.4, -0.2) is 25.5 Å². The molecule has 3 rings (SSSR count). The highest BCUT2D eigenvalue weighted by atomic mass is 35.5. The SMILES string of the molecule is NC(N)=Nc1nc(N)nc2c1ncn2Cc1ccccc1Cl. The second-order valence-electron chi connectivity index (χ2n) is 4.58. The summed E-state index contributed by atoms with van der Waals surface area (Å²) in [5, 5.41) is 0.663. The number of imidazole rings is 1. The van der Waals surface area contributed by atoms with Crippen LogP contribution in [0.15, 0.2) is 35.6 Å². The van der Waals surface area contributed by atoms with E-state index in [1.165, 1.54) is 0 Å². The highest BCUT2D eigenvalue weighted by Crippen LogP contribution is 2.24. The summed E-state index contributed by atoms with van der Waals surface area (Å²) < 4.78 is 1.81. The van der Waals surface area contributed by atoms with E-state index in [9.17, 15) is 0 Å². The van der Waals surface area contributed by atoms with Crippen LogP contribution in [0.5, 0.6) is 0 Å². The number of aliphatic imine (C=N–C) groups is 1. The van der Waals surface area contributed by atoms with Gasteiger partial charge in [-0.05, 0) is 11.6 Å². The summed E-state index contributed by atoms with van der Waals surface area (Å²) in [6, 6.07) is 7.53. The van der Waals surface area contributed by atoms with Gasteiger partial charge in [0.05, 0.1) is 12.9 Å². The second kappa shape index (κ2) is 5.49. The fraction of sp³-hybridized carbons (Fsp3) is 0.0769. The standard InChI is InChI=1S/C13H13ClN8/c14-8-4-2-1-3-7(8)5-22-6-18-9-10(19-12(15)16)20-13(17)21-11(9)22/h1-4,6H,5H2,(H6,15,16,17,19,20,21). The van der Waals surface area contributed by atoms with Crippen molar-refractivity contribution in [3.05, 3.63) is 41.2 Å². The fourth-order valence-corrected chi connectivity index (χ4v) is 2.27. The van der Waals surface area contributed by atoms with Gasteiger partial charge < -0.3 is 21.8 Å². The maximum Gasteiger partial charge on any atom is 0.224 e. The maximum atomic E-state index is 6.18. The normalized spacial score (nSPS) is 10.8. The quantitative estimate of drug-likeness (QED) is 0.487. The summed E-state index contributed by atoms with van der Waals surface area (Å²) in [6.45, 7) is 0.494. The van der Waals surface area contributed by atoms with E-state index in [2.05, 4.69) is 19.9 Å². The molecule has 1 aromatic carbocycles. The number of hydrogen-bond acceptors (Lipinski definition) is 5. The molecule has 3 aromatic rings. The molecule has 6 N–H and O–H groups in total. The van der Waals surface area contributed by atoms with E-state index in [4.69, 9.17) is 28.8 Å². The molecule has 0 aliphatic heterocycles. The van der Waals surface area contributed by atoms with Crippen molar-refractivity contribution in [2.75, 3.05) is 5.73 Å². The molecule has 22 heavy (non-hydrogen) atoms. The summed E-state index contributed by atoms with van der Waals surface area (Å²) in [6.07, 6.45) is 1.62. The number of nitrogens with two attached hydrogens (primary N) is 3. The topological polar surface area (TPSA) is 134 Å². The third-order valence-corrected chi connectivity index (χ3v) is 3.37. The van der Waals surface area contributed by atoms with E-state index in [1.54, 1.807) is 10.9 Å². The zero-order chi connectivity index (χ0) is 15.7. The van der Waals surface area contributed by atoms with Crippen molar-refractivity contribution in [1.29, 1.82) is 0 Å².